The Labute approximate surface area is 138 Å². The molecule has 1 fully saturated rings. The van der Waals surface area contributed by atoms with Crippen LogP contribution in [-0.4, -0.2) is 46.9 Å². The standard InChI is InChI=1S/C17H29N3O3/c1-11(9-15-12(2)19-23-13(15)3)18-14-7-8-20(10-14)16(21)22-17(4,5)6/h11,14,18H,7-10H2,1-6H3/t11-,14-/m1/s1. The minimum absolute atomic E-state index is 0.222. The Kier molecular flexibility index (Phi) is 5.34. The zero-order valence-corrected chi connectivity index (χ0v) is 15.1. The van der Waals surface area contributed by atoms with Gasteiger partial charge in [0.05, 0.1) is 5.69 Å². The normalized spacial score (nSPS) is 19.9. The molecule has 0 aromatic carbocycles. The number of nitrogens with zero attached hydrogens (tertiary/aromatic N) is 2. The largest absolute Gasteiger partial charge is 0.444 e. The maximum atomic E-state index is 12.1. The topological polar surface area (TPSA) is 67.6 Å². The first-order valence-corrected chi connectivity index (χ1v) is 8.31. The van der Waals surface area contributed by atoms with Gasteiger partial charge in [-0.15, -0.1) is 0 Å². The van der Waals surface area contributed by atoms with Gasteiger partial charge in [-0.3, -0.25) is 0 Å². The molecule has 0 unspecified atom stereocenters. The molecule has 0 radical (unpaired) electrons. The smallest absolute Gasteiger partial charge is 0.410 e. The number of nitrogens with one attached hydrogen (secondary N) is 1. The molecule has 1 N–H and O–H groups in total. The predicted octanol–water partition coefficient (Wildman–Crippen LogP) is 2.82. The lowest BCUT2D eigenvalue weighted by molar-refractivity contribution is 0.0290. The molecule has 6 nitrogen and oxygen atoms in total. The fourth-order valence-electron chi connectivity index (χ4n) is 2.95. The van der Waals surface area contributed by atoms with Gasteiger partial charge in [0.1, 0.15) is 11.4 Å². The average molecular weight is 323 g/mol. The lowest BCUT2D eigenvalue weighted by Gasteiger charge is -2.25. The fraction of sp³-hybridized carbons (Fsp3) is 0.765. The van der Waals surface area contributed by atoms with Crippen molar-refractivity contribution in [3.8, 4) is 0 Å². The predicted molar refractivity (Wildman–Crippen MR) is 88.5 cm³/mol. The number of rotatable bonds is 4. The molecule has 2 heterocycles. The van der Waals surface area contributed by atoms with Crippen LogP contribution < -0.4 is 5.32 Å². The van der Waals surface area contributed by atoms with Crippen molar-refractivity contribution < 1.29 is 14.1 Å². The van der Waals surface area contributed by atoms with Crippen LogP contribution in [0.15, 0.2) is 4.52 Å². The summed E-state index contributed by atoms with van der Waals surface area (Å²) < 4.78 is 10.6. The van der Waals surface area contributed by atoms with Gasteiger partial charge in [-0.2, -0.15) is 0 Å². The third-order valence-electron chi connectivity index (χ3n) is 4.05. The SMILES string of the molecule is Cc1noc(C)c1C[C@@H](C)N[C@@H]1CCN(C(=O)OC(C)(C)C)C1. The average Bonchev–Trinajstić information content (AvgIpc) is 2.99. The molecule has 130 valence electrons. The molecule has 1 amide bonds. The Morgan fingerprint density at radius 2 is 2.17 bits per heavy atom. The summed E-state index contributed by atoms with van der Waals surface area (Å²) in [6, 6.07) is 0.605. The summed E-state index contributed by atoms with van der Waals surface area (Å²) in [5, 5.41) is 7.60. The van der Waals surface area contributed by atoms with E-state index in [9.17, 15) is 4.79 Å². The molecule has 6 heteroatoms. The number of hydrogen-bond donors (Lipinski definition) is 1. The van der Waals surface area contributed by atoms with Crippen LogP contribution in [0.25, 0.3) is 0 Å². The summed E-state index contributed by atoms with van der Waals surface area (Å²) in [5.41, 5.74) is 1.68. The number of carbonyl (C=O) groups is 1. The van der Waals surface area contributed by atoms with E-state index in [4.69, 9.17) is 9.26 Å². The molecule has 0 bridgehead atoms. The minimum Gasteiger partial charge on any atom is -0.444 e. The summed E-state index contributed by atoms with van der Waals surface area (Å²) in [6.45, 7) is 13.2. The van der Waals surface area contributed by atoms with E-state index in [1.165, 1.54) is 5.56 Å². The van der Waals surface area contributed by atoms with Crippen LogP contribution in [0.1, 0.15) is 51.1 Å². The highest BCUT2D eigenvalue weighted by atomic mass is 16.6. The van der Waals surface area contributed by atoms with Gasteiger partial charge in [-0.25, -0.2) is 4.79 Å². The molecular weight excluding hydrogens is 294 g/mol. The third kappa shape index (κ3) is 4.96. The van der Waals surface area contributed by atoms with Gasteiger partial charge >= 0.3 is 6.09 Å². The Morgan fingerprint density at radius 3 is 2.74 bits per heavy atom. The molecule has 0 spiro atoms. The van der Waals surface area contributed by atoms with E-state index in [2.05, 4.69) is 17.4 Å². The number of carbonyl (C=O) groups excluding carboxylic acids is 1. The van der Waals surface area contributed by atoms with Crippen LogP contribution in [0.2, 0.25) is 0 Å². The number of ether oxygens (including phenoxy) is 1. The van der Waals surface area contributed by atoms with Gasteiger partial charge in [0, 0.05) is 30.7 Å². The van der Waals surface area contributed by atoms with Crippen molar-refractivity contribution in [2.24, 2.45) is 0 Å². The number of aromatic nitrogens is 1. The van der Waals surface area contributed by atoms with Crippen molar-refractivity contribution in [2.45, 2.75) is 72.1 Å². The van der Waals surface area contributed by atoms with E-state index in [1.807, 2.05) is 34.6 Å². The summed E-state index contributed by atoms with van der Waals surface area (Å²) in [4.78, 5) is 13.9. The summed E-state index contributed by atoms with van der Waals surface area (Å²) >= 11 is 0. The molecular formula is C17H29N3O3. The van der Waals surface area contributed by atoms with E-state index in [1.54, 1.807) is 4.90 Å². The molecule has 1 aliphatic rings. The number of hydrogen-bond acceptors (Lipinski definition) is 5. The lowest BCUT2D eigenvalue weighted by atomic mass is 10.0. The molecule has 1 aromatic heterocycles. The number of aryl methyl sites for hydroxylation is 2. The van der Waals surface area contributed by atoms with Crippen molar-refractivity contribution in [3.63, 3.8) is 0 Å². The fourth-order valence-corrected chi connectivity index (χ4v) is 2.95. The first-order valence-electron chi connectivity index (χ1n) is 8.31. The van der Waals surface area contributed by atoms with E-state index in [0.717, 1.165) is 30.8 Å². The zero-order chi connectivity index (χ0) is 17.2. The van der Waals surface area contributed by atoms with Gasteiger partial charge in [0.2, 0.25) is 0 Å². The lowest BCUT2D eigenvalue weighted by Crippen LogP contribution is -2.41. The summed E-state index contributed by atoms with van der Waals surface area (Å²) in [7, 11) is 0. The van der Waals surface area contributed by atoms with Crippen molar-refractivity contribution in [2.75, 3.05) is 13.1 Å². The maximum Gasteiger partial charge on any atom is 0.410 e. The summed E-state index contributed by atoms with van der Waals surface area (Å²) in [6.07, 6.45) is 1.61. The zero-order valence-electron chi connectivity index (χ0n) is 15.1. The number of amides is 1. The first kappa shape index (κ1) is 17.8. The Bertz CT molecular complexity index is 528. The van der Waals surface area contributed by atoms with Crippen LogP contribution in [-0.2, 0) is 11.2 Å². The maximum absolute atomic E-state index is 12.1. The molecule has 1 aromatic rings. The summed E-state index contributed by atoms with van der Waals surface area (Å²) in [5.74, 6) is 0.887. The highest BCUT2D eigenvalue weighted by molar-refractivity contribution is 5.68. The molecule has 1 saturated heterocycles. The van der Waals surface area contributed by atoms with Crippen molar-refractivity contribution in [1.82, 2.24) is 15.4 Å². The van der Waals surface area contributed by atoms with Crippen molar-refractivity contribution in [3.05, 3.63) is 17.0 Å². The second-order valence-corrected chi connectivity index (χ2v) is 7.49. The van der Waals surface area contributed by atoms with Gasteiger partial charge < -0.3 is 19.5 Å². The molecule has 2 atom stereocenters. The quantitative estimate of drug-likeness (QED) is 0.923. The van der Waals surface area contributed by atoms with Crippen LogP contribution >= 0.6 is 0 Å². The van der Waals surface area contributed by atoms with Crippen LogP contribution in [0.5, 0.6) is 0 Å². The molecule has 2 rings (SSSR count). The monoisotopic (exact) mass is 323 g/mol. The van der Waals surface area contributed by atoms with E-state index < -0.39 is 5.60 Å². The van der Waals surface area contributed by atoms with Crippen molar-refractivity contribution in [1.29, 1.82) is 0 Å². The molecule has 0 aliphatic carbocycles. The van der Waals surface area contributed by atoms with E-state index in [0.29, 0.717) is 18.6 Å². The highest BCUT2D eigenvalue weighted by Gasteiger charge is 2.30. The van der Waals surface area contributed by atoms with Crippen molar-refractivity contribution >= 4 is 6.09 Å². The van der Waals surface area contributed by atoms with Crippen LogP contribution in [0.4, 0.5) is 4.79 Å². The third-order valence-corrected chi connectivity index (χ3v) is 4.05. The second-order valence-electron chi connectivity index (χ2n) is 7.49. The van der Waals surface area contributed by atoms with Gasteiger partial charge in [0.25, 0.3) is 0 Å². The second kappa shape index (κ2) is 6.91. The number of likely N-dealkylation sites (tertiary alicyclic amines) is 1. The van der Waals surface area contributed by atoms with Crippen LogP contribution in [0, 0.1) is 13.8 Å². The van der Waals surface area contributed by atoms with E-state index in [-0.39, 0.29) is 6.09 Å². The molecule has 23 heavy (non-hydrogen) atoms. The van der Waals surface area contributed by atoms with Gasteiger partial charge in [-0.1, -0.05) is 5.16 Å². The first-order chi connectivity index (χ1) is 10.7. The molecule has 0 saturated carbocycles. The van der Waals surface area contributed by atoms with Crippen LogP contribution in [0.3, 0.4) is 0 Å². The van der Waals surface area contributed by atoms with Gasteiger partial charge in [-0.05, 0) is 54.4 Å². The van der Waals surface area contributed by atoms with E-state index >= 15 is 0 Å². The Balaban J connectivity index is 1.82. The Morgan fingerprint density at radius 1 is 1.48 bits per heavy atom. The highest BCUT2D eigenvalue weighted by Crippen LogP contribution is 2.18. The Hall–Kier alpha value is -1.56. The van der Waals surface area contributed by atoms with Gasteiger partial charge in [0.15, 0.2) is 0 Å². The minimum atomic E-state index is -0.445. The molecule has 1 aliphatic heterocycles.